The Labute approximate surface area is 172 Å². The van der Waals surface area contributed by atoms with Gasteiger partial charge in [0.15, 0.2) is 0 Å². The number of carbonyl (C=O) groups excluding carboxylic acids is 2. The molecule has 0 bridgehead atoms. The van der Waals surface area contributed by atoms with E-state index < -0.39 is 4.92 Å². The van der Waals surface area contributed by atoms with Crippen LogP contribution in [0.4, 0.5) is 11.4 Å². The Bertz CT molecular complexity index is 924. The van der Waals surface area contributed by atoms with Crippen molar-refractivity contribution in [2.45, 2.75) is 12.8 Å². The number of nitrogens with one attached hydrogen (secondary N) is 1. The van der Waals surface area contributed by atoms with Gasteiger partial charge >= 0.3 is 0 Å². The lowest BCUT2D eigenvalue weighted by Gasteiger charge is -2.31. The van der Waals surface area contributed by atoms with E-state index in [-0.39, 0.29) is 23.4 Å². The lowest BCUT2D eigenvalue weighted by atomic mass is 9.95. The summed E-state index contributed by atoms with van der Waals surface area (Å²) >= 11 is 6.08. The van der Waals surface area contributed by atoms with Gasteiger partial charge in [-0.15, -0.1) is 0 Å². The number of hydrogen-bond acceptors (Lipinski definition) is 5. The van der Waals surface area contributed by atoms with E-state index in [1.165, 1.54) is 31.4 Å². The van der Waals surface area contributed by atoms with E-state index in [2.05, 4.69) is 5.32 Å². The number of rotatable bonds is 5. The lowest BCUT2D eigenvalue weighted by Crippen LogP contribution is -2.41. The summed E-state index contributed by atoms with van der Waals surface area (Å²) in [7, 11) is 1.52. The van der Waals surface area contributed by atoms with Crippen molar-refractivity contribution in [1.82, 2.24) is 4.90 Å². The summed E-state index contributed by atoms with van der Waals surface area (Å²) in [5.74, 6) is 0.00822. The van der Waals surface area contributed by atoms with Gasteiger partial charge in [-0.1, -0.05) is 11.6 Å². The third-order valence-corrected chi connectivity index (χ3v) is 5.19. The van der Waals surface area contributed by atoms with Crippen molar-refractivity contribution in [2.24, 2.45) is 5.92 Å². The lowest BCUT2D eigenvalue weighted by molar-refractivity contribution is -0.384. The Balaban J connectivity index is 1.55. The van der Waals surface area contributed by atoms with Gasteiger partial charge in [-0.25, -0.2) is 0 Å². The Morgan fingerprint density at radius 3 is 2.38 bits per heavy atom. The SMILES string of the molecule is COc1ccc(NC(=O)C2CCN(C(=O)c3ccc([N+](=O)[O-])cc3)CC2)cc1Cl. The third-order valence-electron chi connectivity index (χ3n) is 4.90. The first-order valence-corrected chi connectivity index (χ1v) is 9.45. The maximum Gasteiger partial charge on any atom is 0.269 e. The molecule has 1 N–H and O–H groups in total. The molecule has 0 aliphatic carbocycles. The van der Waals surface area contributed by atoms with Gasteiger partial charge < -0.3 is 15.0 Å². The Morgan fingerprint density at radius 2 is 1.83 bits per heavy atom. The Hall–Kier alpha value is -3.13. The molecule has 0 spiro atoms. The molecule has 1 saturated heterocycles. The van der Waals surface area contributed by atoms with Crippen LogP contribution in [-0.4, -0.2) is 41.8 Å². The van der Waals surface area contributed by atoms with Crippen molar-refractivity contribution in [3.8, 4) is 5.75 Å². The standard InChI is InChI=1S/C20H20ClN3O5/c1-29-18-7-4-15(12-17(18)21)22-19(25)13-8-10-23(11-9-13)20(26)14-2-5-16(6-3-14)24(27)28/h2-7,12-13H,8-11H2,1H3,(H,22,25). The van der Waals surface area contributed by atoms with E-state index >= 15 is 0 Å². The molecular weight excluding hydrogens is 398 g/mol. The average molecular weight is 418 g/mol. The van der Waals surface area contributed by atoms with Gasteiger partial charge in [-0.05, 0) is 43.2 Å². The molecule has 0 saturated carbocycles. The molecule has 2 aromatic rings. The van der Waals surface area contributed by atoms with Gasteiger partial charge in [0, 0.05) is 42.4 Å². The van der Waals surface area contributed by atoms with Crippen LogP contribution >= 0.6 is 11.6 Å². The molecule has 2 amide bonds. The van der Waals surface area contributed by atoms with Crippen LogP contribution < -0.4 is 10.1 Å². The fourth-order valence-electron chi connectivity index (χ4n) is 3.24. The molecule has 29 heavy (non-hydrogen) atoms. The van der Waals surface area contributed by atoms with Crippen LogP contribution in [0.3, 0.4) is 0 Å². The largest absolute Gasteiger partial charge is 0.495 e. The maximum atomic E-state index is 12.6. The number of hydrogen-bond donors (Lipinski definition) is 1. The molecule has 0 unspecified atom stereocenters. The van der Waals surface area contributed by atoms with Crippen LogP contribution in [0.15, 0.2) is 42.5 Å². The Morgan fingerprint density at radius 1 is 1.17 bits per heavy atom. The average Bonchev–Trinajstić information content (AvgIpc) is 2.73. The maximum absolute atomic E-state index is 12.6. The van der Waals surface area contributed by atoms with Crippen LogP contribution in [0.1, 0.15) is 23.2 Å². The van der Waals surface area contributed by atoms with Crippen molar-refractivity contribution in [3.05, 3.63) is 63.2 Å². The number of halogens is 1. The number of benzene rings is 2. The minimum atomic E-state index is -0.506. The smallest absolute Gasteiger partial charge is 0.269 e. The van der Waals surface area contributed by atoms with E-state index in [4.69, 9.17) is 16.3 Å². The minimum Gasteiger partial charge on any atom is -0.495 e. The first kappa shape index (κ1) is 20.6. The molecule has 3 rings (SSSR count). The second kappa shape index (κ2) is 8.91. The molecule has 1 fully saturated rings. The Kier molecular flexibility index (Phi) is 6.33. The van der Waals surface area contributed by atoms with Gasteiger partial charge in [0.25, 0.3) is 11.6 Å². The summed E-state index contributed by atoms with van der Waals surface area (Å²) < 4.78 is 5.09. The second-order valence-corrected chi connectivity index (χ2v) is 7.12. The number of non-ortho nitro benzene ring substituents is 1. The van der Waals surface area contributed by atoms with E-state index in [9.17, 15) is 19.7 Å². The van der Waals surface area contributed by atoms with Crippen molar-refractivity contribution in [1.29, 1.82) is 0 Å². The fourth-order valence-corrected chi connectivity index (χ4v) is 3.50. The van der Waals surface area contributed by atoms with Gasteiger partial charge in [0.05, 0.1) is 17.1 Å². The zero-order chi connectivity index (χ0) is 21.0. The van der Waals surface area contributed by atoms with Crippen molar-refractivity contribution in [3.63, 3.8) is 0 Å². The van der Waals surface area contributed by atoms with Gasteiger partial charge in [-0.2, -0.15) is 0 Å². The number of methoxy groups -OCH3 is 1. The van der Waals surface area contributed by atoms with Crippen LogP contribution in [0.2, 0.25) is 5.02 Å². The predicted octanol–water partition coefficient (Wildman–Crippen LogP) is 3.75. The number of ether oxygens (including phenoxy) is 1. The molecule has 1 heterocycles. The number of amides is 2. The van der Waals surface area contributed by atoms with Crippen LogP contribution in [-0.2, 0) is 4.79 Å². The van der Waals surface area contributed by atoms with Crippen LogP contribution in [0.5, 0.6) is 5.75 Å². The number of piperidine rings is 1. The zero-order valence-electron chi connectivity index (χ0n) is 15.8. The van der Waals surface area contributed by atoms with Gasteiger partial charge in [-0.3, -0.25) is 19.7 Å². The minimum absolute atomic E-state index is 0.0597. The van der Waals surface area contributed by atoms with Gasteiger partial charge in [0.1, 0.15) is 5.75 Å². The highest BCUT2D eigenvalue weighted by molar-refractivity contribution is 6.32. The third kappa shape index (κ3) is 4.83. The molecule has 0 aromatic heterocycles. The highest BCUT2D eigenvalue weighted by Gasteiger charge is 2.28. The summed E-state index contributed by atoms with van der Waals surface area (Å²) in [6.45, 7) is 0.883. The summed E-state index contributed by atoms with van der Waals surface area (Å²) in [5.41, 5.74) is 0.923. The van der Waals surface area contributed by atoms with Crippen LogP contribution in [0.25, 0.3) is 0 Å². The quantitative estimate of drug-likeness (QED) is 0.589. The summed E-state index contributed by atoms with van der Waals surface area (Å²) in [6, 6.07) is 10.6. The molecule has 0 radical (unpaired) electrons. The zero-order valence-corrected chi connectivity index (χ0v) is 16.5. The molecule has 2 aromatic carbocycles. The first-order valence-electron chi connectivity index (χ1n) is 9.07. The molecule has 152 valence electrons. The molecule has 0 atom stereocenters. The number of nitro benzene ring substituents is 1. The first-order chi connectivity index (χ1) is 13.9. The van der Waals surface area contributed by atoms with Crippen LogP contribution in [0, 0.1) is 16.0 Å². The number of carbonyl (C=O) groups is 2. The van der Waals surface area contributed by atoms with E-state index in [1.807, 2.05) is 0 Å². The molecule has 1 aliphatic rings. The summed E-state index contributed by atoms with van der Waals surface area (Å²) in [4.78, 5) is 37.0. The summed E-state index contributed by atoms with van der Waals surface area (Å²) in [5, 5.41) is 14.0. The number of nitrogens with zero attached hydrogens (tertiary/aromatic N) is 2. The highest BCUT2D eigenvalue weighted by atomic mass is 35.5. The predicted molar refractivity (Wildman–Crippen MR) is 108 cm³/mol. The molecule has 1 aliphatic heterocycles. The normalized spacial score (nSPS) is 14.3. The molecular formula is C20H20ClN3O5. The van der Waals surface area contributed by atoms with Crippen molar-refractivity contribution in [2.75, 3.05) is 25.5 Å². The monoisotopic (exact) mass is 417 g/mol. The van der Waals surface area contributed by atoms with E-state index in [0.29, 0.717) is 48.0 Å². The fraction of sp³-hybridized carbons (Fsp3) is 0.300. The molecule has 8 nitrogen and oxygen atoms in total. The van der Waals surface area contributed by atoms with Crippen molar-refractivity contribution >= 4 is 34.8 Å². The van der Waals surface area contributed by atoms with E-state index in [0.717, 1.165) is 0 Å². The van der Waals surface area contributed by atoms with Crippen molar-refractivity contribution < 1.29 is 19.2 Å². The topological polar surface area (TPSA) is 102 Å². The highest BCUT2D eigenvalue weighted by Crippen LogP contribution is 2.28. The van der Waals surface area contributed by atoms with E-state index in [1.54, 1.807) is 23.1 Å². The van der Waals surface area contributed by atoms with Gasteiger partial charge in [0.2, 0.25) is 5.91 Å². The number of likely N-dealkylation sites (tertiary alicyclic amines) is 1. The number of nitro groups is 1. The summed E-state index contributed by atoms with van der Waals surface area (Å²) in [6.07, 6.45) is 1.07. The number of anilines is 1. The second-order valence-electron chi connectivity index (χ2n) is 6.71. The molecule has 9 heteroatoms.